The topological polar surface area (TPSA) is 18.5 Å². The maximum Gasteiger partial charge on any atom is 0.139 e. The minimum atomic E-state index is -0.223. The Hall–Kier alpha value is -1.54. The van der Waals surface area contributed by atoms with Gasteiger partial charge in [0.1, 0.15) is 11.9 Å². The fraction of sp³-hybridized carbons (Fsp3) is 0.286. The van der Waals surface area contributed by atoms with Crippen LogP contribution < -0.4 is 0 Å². The van der Waals surface area contributed by atoms with Gasteiger partial charge in [0.2, 0.25) is 0 Å². The van der Waals surface area contributed by atoms with Crippen LogP contribution in [0.25, 0.3) is 0 Å². The number of hydrogen-bond acceptors (Lipinski definition) is 2. The molecule has 86 valence electrons. The third-order valence-corrected chi connectivity index (χ3v) is 2.11. The lowest BCUT2D eigenvalue weighted by Gasteiger charge is -2.19. The van der Waals surface area contributed by atoms with Crippen LogP contribution in [0.5, 0.6) is 0 Å². The van der Waals surface area contributed by atoms with Crippen LogP contribution in [0.1, 0.15) is 18.6 Å². The SMILES string of the molecule is C=CCOC(C(=C)OCC)c1ccccc1. The average molecular weight is 218 g/mol. The quantitative estimate of drug-likeness (QED) is 0.515. The van der Waals surface area contributed by atoms with Gasteiger partial charge in [0.15, 0.2) is 0 Å². The highest BCUT2D eigenvalue weighted by atomic mass is 16.5. The molecule has 2 nitrogen and oxygen atoms in total. The highest BCUT2D eigenvalue weighted by Gasteiger charge is 2.15. The van der Waals surface area contributed by atoms with Crippen molar-refractivity contribution in [2.75, 3.05) is 13.2 Å². The molecule has 0 spiro atoms. The molecular weight excluding hydrogens is 200 g/mol. The lowest BCUT2D eigenvalue weighted by molar-refractivity contribution is 0.0471. The summed E-state index contributed by atoms with van der Waals surface area (Å²) in [6, 6.07) is 9.91. The van der Waals surface area contributed by atoms with Crippen molar-refractivity contribution in [1.29, 1.82) is 0 Å². The zero-order chi connectivity index (χ0) is 11.8. The molecular formula is C14H18O2. The first-order chi connectivity index (χ1) is 7.79. The van der Waals surface area contributed by atoms with Crippen molar-refractivity contribution in [3.63, 3.8) is 0 Å². The van der Waals surface area contributed by atoms with E-state index in [0.717, 1.165) is 5.56 Å². The van der Waals surface area contributed by atoms with Crippen molar-refractivity contribution < 1.29 is 9.47 Å². The summed E-state index contributed by atoms with van der Waals surface area (Å²) in [5, 5.41) is 0. The van der Waals surface area contributed by atoms with E-state index in [1.807, 2.05) is 37.3 Å². The van der Waals surface area contributed by atoms with E-state index in [0.29, 0.717) is 19.0 Å². The second-order valence-corrected chi connectivity index (χ2v) is 3.31. The number of hydrogen-bond donors (Lipinski definition) is 0. The molecule has 0 N–H and O–H groups in total. The molecule has 1 rings (SSSR count). The summed E-state index contributed by atoms with van der Waals surface area (Å²) < 4.78 is 11.1. The lowest BCUT2D eigenvalue weighted by Crippen LogP contribution is -2.09. The Balaban J connectivity index is 2.78. The van der Waals surface area contributed by atoms with Crippen molar-refractivity contribution in [2.24, 2.45) is 0 Å². The van der Waals surface area contributed by atoms with Crippen molar-refractivity contribution in [1.82, 2.24) is 0 Å². The number of ether oxygens (including phenoxy) is 2. The van der Waals surface area contributed by atoms with Crippen molar-refractivity contribution in [3.8, 4) is 0 Å². The van der Waals surface area contributed by atoms with E-state index in [4.69, 9.17) is 9.47 Å². The molecule has 0 fully saturated rings. The van der Waals surface area contributed by atoms with Crippen LogP contribution in [0.15, 0.2) is 55.3 Å². The third-order valence-electron chi connectivity index (χ3n) is 2.11. The molecule has 1 atom stereocenters. The Bertz CT molecular complexity index is 330. The van der Waals surface area contributed by atoms with Gasteiger partial charge in [0.25, 0.3) is 0 Å². The van der Waals surface area contributed by atoms with Gasteiger partial charge in [-0.05, 0) is 12.5 Å². The summed E-state index contributed by atoms with van der Waals surface area (Å²) in [4.78, 5) is 0. The molecule has 1 unspecified atom stereocenters. The summed E-state index contributed by atoms with van der Waals surface area (Å²) in [5.41, 5.74) is 1.04. The molecule has 0 amide bonds. The summed E-state index contributed by atoms with van der Waals surface area (Å²) >= 11 is 0. The minimum Gasteiger partial charge on any atom is -0.496 e. The van der Waals surface area contributed by atoms with Crippen LogP contribution >= 0.6 is 0 Å². The third kappa shape index (κ3) is 3.55. The van der Waals surface area contributed by atoms with E-state index < -0.39 is 0 Å². The van der Waals surface area contributed by atoms with Gasteiger partial charge in [0, 0.05) is 0 Å². The molecule has 16 heavy (non-hydrogen) atoms. The van der Waals surface area contributed by atoms with Crippen LogP contribution in [0.2, 0.25) is 0 Å². The second kappa shape index (κ2) is 6.85. The molecule has 0 aliphatic carbocycles. The normalized spacial score (nSPS) is 11.8. The maximum absolute atomic E-state index is 5.65. The predicted octanol–water partition coefficient (Wildman–Crippen LogP) is 3.48. The van der Waals surface area contributed by atoms with Gasteiger partial charge in [-0.1, -0.05) is 43.0 Å². The van der Waals surface area contributed by atoms with Crippen molar-refractivity contribution in [3.05, 3.63) is 60.9 Å². The highest BCUT2D eigenvalue weighted by Crippen LogP contribution is 2.25. The van der Waals surface area contributed by atoms with E-state index in [-0.39, 0.29) is 6.10 Å². The molecule has 0 radical (unpaired) electrons. The molecule has 0 heterocycles. The van der Waals surface area contributed by atoms with E-state index in [1.54, 1.807) is 6.08 Å². The summed E-state index contributed by atoms with van der Waals surface area (Å²) in [6.07, 6.45) is 1.49. The first-order valence-corrected chi connectivity index (χ1v) is 5.38. The standard InChI is InChI=1S/C14H18O2/c1-4-11-16-14(12(3)15-5-2)13-9-7-6-8-10-13/h4,6-10,14H,1,3,5,11H2,2H3. The predicted molar refractivity (Wildman–Crippen MR) is 66.1 cm³/mol. The fourth-order valence-corrected chi connectivity index (χ4v) is 1.43. The van der Waals surface area contributed by atoms with Gasteiger partial charge in [-0.3, -0.25) is 0 Å². The van der Waals surface area contributed by atoms with Gasteiger partial charge >= 0.3 is 0 Å². The van der Waals surface area contributed by atoms with E-state index in [1.165, 1.54) is 0 Å². The number of benzene rings is 1. The largest absolute Gasteiger partial charge is 0.496 e. The van der Waals surface area contributed by atoms with E-state index in [9.17, 15) is 0 Å². The maximum atomic E-state index is 5.65. The molecule has 0 bridgehead atoms. The Labute approximate surface area is 97.2 Å². The van der Waals surface area contributed by atoms with Gasteiger partial charge < -0.3 is 9.47 Å². The first-order valence-electron chi connectivity index (χ1n) is 5.38. The Kier molecular flexibility index (Phi) is 5.37. The van der Waals surface area contributed by atoms with E-state index >= 15 is 0 Å². The fourth-order valence-electron chi connectivity index (χ4n) is 1.43. The van der Waals surface area contributed by atoms with Crippen molar-refractivity contribution in [2.45, 2.75) is 13.0 Å². The first kappa shape index (κ1) is 12.5. The van der Waals surface area contributed by atoms with Crippen LogP contribution in [0.4, 0.5) is 0 Å². The summed E-state index contributed by atoms with van der Waals surface area (Å²) in [7, 11) is 0. The molecule has 0 aromatic heterocycles. The van der Waals surface area contributed by atoms with Crippen molar-refractivity contribution >= 4 is 0 Å². The Morgan fingerprint density at radius 1 is 1.38 bits per heavy atom. The monoisotopic (exact) mass is 218 g/mol. The molecule has 0 saturated carbocycles. The number of rotatable bonds is 7. The van der Waals surface area contributed by atoms with Gasteiger partial charge in [-0.25, -0.2) is 0 Å². The zero-order valence-corrected chi connectivity index (χ0v) is 9.69. The van der Waals surface area contributed by atoms with Gasteiger partial charge in [-0.15, -0.1) is 6.58 Å². The van der Waals surface area contributed by atoms with Gasteiger partial charge in [0.05, 0.1) is 13.2 Å². The highest BCUT2D eigenvalue weighted by molar-refractivity contribution is 5.23. The minimum absolute atomic E-state index is 0.223. The van der Waals surface area contributed by atoms with Crippen LogP contribution in [0.3, 0.4) is 0 Å². The van der Waals surface area contributed by atoms with Crippen LogP contribution in [-0.2, 0) is 9.47 Å². The van der Waals surface area contributed by atoms with Crippen LogP contribution in [0, 0.1) is 0 Å². The zero-order valence-electron chi connectivity index (χ0n) is 9.69. The smallest absolute Gasteiger partial charge is 0.139 e. The molecule has 1 aromatic carbocycles. The summed E-state index contributed by atoms with van der Waals surface area (Å²) in [5.74, 6) is 0.635. The molecule has 0 aliphatic rings. The second-order valence-electron chi connectivity index (χ2n) is 3.31. The molecule has 1 aromatic rings. The van der Waals surface area contributed by atoms with Gasteiger partial charge in [-0.2, -0.15) is 0 Å². The van der Waals surface area contributed by atoms with Crippen LogP contribution in [-0.4, -0.2) is 13.2 Å². The molecule has 0 aliphatic heterocycles. The lowest BCUT2D eigenvalue weighted by atomic mass is 10.1. The average Bonchev–Trinajstić information content (AvgIpc) is 2.31. The molecule has 0 saturated heterocycles. The Morgan fingerprint density at radius 2 is 2.06 bits per heavy atom. The van der Waals surface area contributed by atoms with E-state index in [2.05, 4.69) is 13.2 Å². The summed E-state index contributed by atoms with van der Waals surface area (Å²) in [6.45, 7) is 10.5. The Morgan fingerprint density at radius 3 is 2.62 bits per heavy atom. The molecule has 2 heteroatoms.